The zero-order valence-electron chi connectivity index (χ0n) is 7.15. The van der Waals surface area contributed by atoms with Gasteiger partial charge in [-0.1, -0.05) is 0 Å². The minimum atomic E-state index is -2.81. The zero-order valence-corrected chi connectivity index (χ0v) is 7.15. The molecule has 0 aromatic heterocycles. The molecule has 1 aliphatic carbocycles. The summed E-state index contributed by atoms with van der Waals surface area (Å²) in [5, 5.41) is 55.3. The van der Waals surface area contributed by atoms with E-state index < -0.39 is 35.9 Å². The molecule has 6 unspecified atom stereocenters. The first-order valence-corrected chi connectivity index (χ1v) is 3.88. The van der Waals surface area contributed by atoms with E-state index in [1.807, 2.05) is 0 Å². The van der Waals surface area contributed by atoms with Gasteiger partial charge in [0.1, 0.15) is 24.4 Å². The van der Waals surface area contributed by atoms with E-state index in [-0.39, 0.29) is 0 Å². The van der Waals surface area contributed by atoms with Crippen molar-refractivity contribution in [1.29, 1.82) is 0 Å². The molecule has 10 N–H and O–H groups in total. The summed E-state index contributed by atoms with van der Waals surface area (Å²) in [7, 11) is 0. The van der Waals surface area contributed by atoms with Crippen molar-refractivity contribution in [2.45, 2.75) is 35.9 Å². The predicted molar refractivity (Wildman–Crippen MR) is 42.3 cm³/mol. The van der Waals surface area contributed by atoms with Gasteiger partial charge in [0, 0.05) is 0 Å². The highest BCUT2D eigenvalue weighted by atomic mass is 16.5. The normalized spacial score (nSPS) is 60.0. The van der Waals surface area contributed by atoms with Gasteiger partial charge in [-0.05, 0) is 0 Å². The summed E-state index contributed by atoms with van der Waals surface area (Å²) in [6, 6.07) is 0. The van der Waals surface area contributed by atoms with E-state index in [1.54, 1.807) is 0 Å². The number of nitrogens with two attached hydrogens (primary N) is 2. The fourth-order valence-electron chi connectivity index (χ4n) is 1.37. The van der Waals surface area contributed by atoms with Crippen molar-refractivity contribution in [3.05, 3.63) is 0 Å². The summed E-state index contributed by atoms with van der Waals surface area (Å²) in [5.74, 6) is 0. The number of hydrogen-bond acceptors (Lipinski definition) is 8. The van der Waals surface area contributed by atoms with Crippen molar-refractivity contribution < 1.29 is 30.6 Å². The van der Waals surface area contributed by atoms with Crippen LogP contribution in [0.1, 0.15) is 0 Å². The Morgan fingerprint density at radius 3 is 1.14 bits per heavy atom. The van der Waals surface area contributed by atoms with Gasteiger partial charge in [-0.25, -0.2) is 0 Å². The van der Waals surface area contributed by atoms with E-state index in [4.69, 9.17) is 21.7 Å². The lowest BCUT2D eigenvalue weighted by atomic mass is 9.76. The molecule has 0 saturated heterocycles. The molecule has 0 aromatic carbocycles. The third kappa shape index (κ3) is 1.25. The summed E-state index contributed by atoms with van der Waals surface area (Å²) < 4.78 is 0. The Morgan fingerprint density at radius 2 is 0.929 bits per heavy atom. The average molecular weight is 210 g/mol. The highest BCUT2D eigenvalue weighted by Gasteiger charge is 2.63. The Bertz CT molecular complexity index is 208. The molecule has 1 aliphatic rings. The summed E-state index contributed by atoms with van der Waals surface area (Å²) in [6.45, 7) is 0. The lowest BCUT2D eigenvalue weighted by Crippen LogP contribution is -2.84. The van der Waals surface area contributed by atoms with Crippen LogP contribution in [0.25, 0.3) is 0 Å². The van der Waals surface area contributed by atoms with Gasteiger partial charge in [0.25, 0.3) is 0 Å². The first-order chi connectivity index (χ1) is 6.14. The number of rotatable bonds is 0. The molecule has 0 aliphatic heterocycles. The molecule has 8 nitrogen and oxygen atoms in total. The van der Waals surface area contributed by atoms with Gasteiger partial charge in [-0.3, -0.25) is 11.5 Å². The second-order valence-electron chi connectivity index (χ2n) is 3.52. The summed E-state index contributed by atoms with van der Waals surface area (Å²) in [5.41, 5.74) is 4.45. The minimum absolute atomic E-state index is 1.90. The molecule has 0 bridgehead atoms. The molecular formula is C6H14N2O6. The number of aliphatic hydroxyl groups is 6. The summed E-state index contributed by atoms with van der Waals surface area (Å²) in [4.78, 5) is 0. The van der Waals surface area contributed by atoms with Crippen LogP contribution in [0.15, 0.2) is 0 Å². The second-order valence-corrected chi connectivity index (χ2v) is 3.52. The maximum absolute atomic E-state index is 9.35. The van der Waals surface area contributed by atoms with Crippen molar-refractivity contribution in [3.63, 3.8) is 0 Å². The molecule has 0 aromatic rings. The first kappa shape index (κ1) is 11.8. The Kier molecular flexibility index (Phi) is 2.59. The summed E-state index contributed by atoms with van der Waals surface area (Å²) >= 11 is 0. The Labute approximate surface area is 79.0 Å². The zero-order chi connectivity index (χ0) is 11.3. The van der Waals surface area contributed by atoms with E-state index in [0.29, 0.717) is 0 Å². The molecule has 0 spiro atoms. The first-order valence-electron chi connectivity index (χ1n) is 3.88. The molecule has 0 amide bonds. The van der Waals surface area contributed by atoms with Crippen molar-refractivity contribution in [1.82, 2.24) is 0 Å². The van der Waals surface area contributed by atoms with Crippen molar-refractivity contribution >= 4 is 0 Å². The number of hydrogen-bond donors (Lipinski definition) is 8. The molecule has 1 rings (SSSR count). The van der Waals surface area contributed by atoms with Crippen LogP contribution in [0.5, 0.6) is 0 Å². The van der Waals surface area contributed by atoms with Crippen LogP contribution >= 0.6 is 0 Å². The maximum Gasteiger partial charge on any atom is 0.188 e. The van der Waals surface area contributed by atoms with Gasteiger partial charge in [-0.2, -0.15) is 0 Å². The van der Waals surface area contributed by atoms with Gasteiger partial charge in [0.15, 0.2) is 11.4 Å². The molecule has 6 atom stereocenters. The van der Waals surface area contributed by atoms with Crippen molar-refractivity contribution in [2.75, 3.05) is 0 Å². The van der Waals surface area contributed by atoms with E-state index in [1.165, 1.54) is 0 Å². The fraction of sp³-hybridized carbons (Fsp3) is 1.00. The Hall–Kier alpha value is -0.320. The lowest BCUT2D eigenvalue weighted by Gasteiger charge is -2.51. The van der Waals surface area contributed by atoms with Gasteiger partial charge >= 0.3 is 0 Å². The second kappa shape index (κ2) is 3.08. The smallest absolute Gasteiger partial charge is 0.188 e. The molecule has 1 saturated carbocycles. The topological polar surface area (TPSA) is 173 Å². The van der Waals surface area contributed by atoms with Gasteiger partial charge in [-0.15, -0.1) is 0 Å². The van der Waals surface area contributed by atoms with Crippen LogP contribution in [0.2, 0.25) is 0 Å². The molecule has 84 valence electrons. The third-order valence-electron chi connectivity index (χ3n) is 2.54. The predicted octanol–water partition coefficient (Wildman–Crippen LogP) is -5.26. The van der Waals surface area contributed by atoms with E-state index >= 15 is 0 Å². The van der Waals surface area contributed by atoms with Gasteiger partial charge in [0.2, 0.25) is 0 Å². The highest BCUT2D eigenvalue weighted by molar-refractivity contribution is 5.11. The molecular weight excluding hydrogens is 196 g/mol. The van der Waals surface area contributed by atoms with Crippen LogP contribution in [0.3, 0.4) is 0 Å². The highest BCUT2D eigenvalue weighted by Crippen LogP contribution is 2.31. The Balaban J connectivity index is 3.10. The summed E-state index contributed by atoms with van der Waals surface area (Å²) in [6.07, 6.45) is -7.94. The Morgan fingerprint density at radius 1 is 0.714 bits per heavy atom. The maximum atomic E-state index is 9.35. The van der Waals surface area contributed by atoms with E-state index in [0.717, 1.165) is 0 Å². The average Bonchev–Trinajstić information content (AvgIpc) is 2.10. The number of aliphatic hydroxyl groups excluding tert-OH is 4. The monoisotopic (exact) mass is 210 g/mol. The van der Waals surface area contributed by atoms with Gasteiger partial charge in [0.05, 0.1) is 0 Å². The fourth-order valence-corrected chi connectivity index (χ4v) is 1.37. The minimum Gasteiger partial charge on any atom is -0.387 e. The van der Waals surface area contributed by atoms with Crippen LogP contribution < -0.4 is 11.5 Å². The molecule has 0 heterocycles. The SMILES string of the molecule is NC1(O)C(O)C(O)C(O)C(O)C1(N)O. The van der Waals surface area contributed by atoms with E-state index in [2.05, 4.69) is 0 Å². The van der Waals surface area contributed by atoms with Crippen LogP contribution in [0.4, 0.5) is 0 Å². The van der Waals surface area contributed by atoms with E-state index in [9.17, 15) is 20.4 Å². The molecule has 0 radical (unpaired) electrons. The van der Waals surface area contributed by atoms with Crippen molar-refractivity contribution in [3.8, 4) is 0 Å². The van der Waals surface area contributed by atoms with Crippen LogP contribution in [-0.2, 0) is 0 Å². The van der Waals surface area contributed by atoms with Crippen molar-refractivity contribution in [2.24, 2.45) is 11.5 Å². The molecule has 8 heteroatoms. The van der Waals surface area contributed by atoms with Gasteiger partial charge < -0.3 is 30.6 Å². The molecule has 14 heavy (non-hydrogen) atoms. The largest absolute Gasteiger partial charge is 0.387 e. The standard InChI is InChI=1S/C6H14N2O6/c7-5(13)3(11)1(9)2(10)4(12)6(5,8)14/h1-4,9-14H,7-8H2. The van der Waals surface area contributed by atoms with Crippen LogP contribution in [0, 0.1) is 0 Å². The van der Waals surface area contributed by atoms with Crippen LogP contribution in [-0.4, -0.2) is 66.5 Å². The third-order valence-corrected chi connectivity index (χ3v) is 2.54. The quantitative estimate of drug-likeness (QED) is 0.183. The molecule has 1 fully saturated rings. The lowest BCUT2D eigenvalue weighted by molar-refractivity contribution is -0.309.